The van der Waals surface area contributed by atoms with Crippen LogP contribution >= 0.6 is 0 Å². The Balaban J connectivity index is 1.57. The largest absolute Gasteiger partial charge is 0.454 e. The highest BCUT2D eigenvalue weighted by Gasteiger charge is 2.16. The first-order valence-electron chi connectivity index (χ1n) is 8.67. The highest BCUT2D eigenvalue weighted by molar-refractivity contribution is 5.74. The molecule has 1 heterocycles. The van der Waals surface area contributed by atoms with Crippen molar-refractivity contribution in [3.63, 3.8) is 0 Å². The van der Waals surface area contributed by atoms with Crippen LogP contribution in [0, 0.1) is 0 Å². The maximum atomic E-state index is 12.5. The molecule has 2 aromatic rings. The van der Waals surface area contributed by atoms with Crippen LogP contribution in [0.5, 0.6) is 11.5 Å². The van der Waals surface area contributed by atoms with Gasteiger partial charge in [-0.15, -0.1) is 0 Å². The van der Waals surface area contributed by atoms with Crippen molar-refractivity contribution in [3.05, 3.63) is 59.2 Å². The summed E-state index contributed by atoms with van der Waals surface area (Å²) in [6, 6.07) is 13.7. The van der Waals surface area contributed by atoms with Crippen LogP contribution in [-0.2, 0) is 24.4 Å². The van der Waals surface area contributed by atoms with Gasteiger partial charge in [-0.1, -0.05) is 30.3 Å². The van der Waals surface area contributed by atoms with Crippen LogP contribution in [0.2, 0.25) is 0 Å². The lowest BCUT2D eigenvalue weighted by Crippen LogP contribution is -2.39. The fraction of sp³-hybridized carbons (Fsp3) is 0.350. The van der Waals surface area contributed by atoms with Gasteiger partial charge in [0.05, 0.1) is 6.61 Å². The molecule has 0 aliphatic carbocycles. The maximum absolute atomic E-state index is 12.5. The Kier molecular flexibility index (Phi) is 5.96. The summed E-state index contributed by atoms with van der Waals surface area (Å²) >= 11 is 0. The van der Waals surface area contributed by atoms with E-state index in [9.17, 15) is 4.79 Å². The Bertz CT molecular complexity index is 763. The lowest BCUT2D eigenvalue weighted by molar-refractivity contribution is 0.173. The van der Waals surface area contributed by atoms with E-state index in [1.165, 1.54) is 0 Å². The highest BCUT2D eigenvalue weighted by Crippen LogP contribution is 2.32. The number of carbonyl (C=O) groups is 1. The number of carbonyl (C=O) groups excluding carboxylic acids is 1. The number of amides is 2. The fourth-order valence-electron chi connectivity index (χ4n) is 2.87. The first-order chi connectivity index (χ1) is 12.7. The van der Waals surface area contributed by atoms with E-state index in [4.69, 9.17) is 14.2 Å². The van der Waals surface area contributed by atoms with Gasteiger partial charge in [0.2, 0.25) is 6.79 Å². The third-order valence-corrected chi connectivity index (χ3v) is 4.23. The highest BCUT2D eigenvalue weighted by atomic mass is 16.7. The smallest absolute Gasteiger partial charge is 0.317 e. The molecule has 0 radical (unpaired) electrons. The molecule has 0 fully saturated rings. The molecule has 0 atom stereocenters. The third kappa shape index (κ3) is 4.46. The van der Waals surface area contributed by atoms with E-state index in [1.54, 1.807) is 12.0 Å². The van der Waals surface area contributed by atoms with Crippen LogP contribution in [0.4, 0.5) is 4.79 Å². The first kappa shape index (κ1) is 18.1. The molecular weight excluding hydrogens is 332 g/mol. The number of ether oxygens (including phenoxy) is 3. The second-order valence-corrected chi connectivity index (χ2v) is 6.11. The average molecular weight is 356 g/mol. The van der Waals surface area contributed by atoms with Crippen molar-refractivity contribution in [2.75, 3.05) is 20.4 Å². The molecule has 26 heavy (non-hydrogen) atoms. The minimum absolute atomic E-state index is 0.0951. The van der Waals surface area contributed by atoms with E-state index in [0.29, 0.717) is 26.2 Å². The number of nitrogens with one attached hydrogen (secondary N) is 1. The van der Waals surface area contributed by atoms with Gasteiger partial charge in [-0.05, 0) is 35.7 Å². The summed E-state index contributed by atoms with van der Waals surface area (Å²) in [7, 11) is 1.67. The number of fused-ring (bicyclic) bond motifs is 1. The van der Waals surface area contributed by atoms with Crippen molar-refractivity contribution in [3.8, 4) is 11.5 Å². The molecule has 0 bridgehead atoms. The molecule has 0 spiro atoms. The van der Waals surface area contributed by atoms with E-state index in [-0.39, 0.29) is 12.8 Å². The number of urea groups is 1. The summed E-state index contributed by atoms with van der Waals surface area (Å²) in [6.07, 6.45) is 0. The Morgan fingerprint density at radius 1 is 1.12 bits per heavy atom. The van der Waals surface area contributed by atoms with Gasteiger partial charge < -0.3 is 24.4 Å². The van der Waals surface area contributed by atoms with E-state index >= 15 is 0 Å². The van der Waals surface area contributed by atoms with Crippen molar-refractivity contribution < 1.29 is 19.0 Å². The molecule has 0 saturated carbocycles. The van der Waals surface area contributed by atoms with Crippen LogP contribution in [0.1, 0.15) is 23.6 Å². The van der Waals surface area contributed by atoms with Crippen LogP contribution in [0.3, 0.4) is 0 Å². The van der Waals surface area contributed by atoms with Gasteiger partial charge in [0.25, 0.3) is 0 Å². The maximum Gasteiger partial charge on any atom is 0.317 e. The Morgan fingerprint density at radius 3 is 2.73 bits per heavy atom. The van der Waals surface area contributed by atoms with Gasteiger partial charge in [0.15, 0.2) is 11.5 Å². The van der Waals surface area contributed by atoms with Gasteiger partial charge in [-0.2, -0.15) is 0 Å². The summed E-state index contributed by atoms with van der Waals surface area (Å²) in [5.41, 5.74) is 3.15. The molecule has 2 amide bonds. The van der Waals surface area contributed by atoms with Gasteiger partial charge >= 0.3 is 6.03 Å². The number of rotatable bonds is 7. The molecule has 6 nitrogen and oxygen atoms in total. The van der Waals surface area contributed by atoms with E-state index < -0.39 is 0 Å². The molecule has 1 aliphatic rings. The van der Waals surface area contributed by atoms with Crippen LogP contribution in [0.15, 0.2) is 42.5 Å². The average Bonchev–Trinajstić information content (AvgIpc) is 3.12. The molecule has 6 heteroatoms. The van der Waals surface area contributed by atoms with Gasteiger partial charge in [0.1, 0.15) is 0 Å². The number of nitrogens with zero attached hydrogens (tertiary/aromatic N) is 1. The summed E-state index contributed by atoms with van der Waals surface area (Å²) in [5.74, 6) is 1.48. The minimum Gasteiger partial charge on any atom is -0.454 e. The molecule has 1 aliphatic heterocycles. The third-order valence-electron chi connectivity index (χ3n) is 4.23. The zero-order valence-electron chi connectivity index (χ0n) is 15.2. The predicted octanol–water partition coefficient (Wildman–Crippen LogP) is 3.29. The molecule has 0 aromatic heterocycles. The molecule has 2 aromatic carbocycles. The van der Waals surface area contributed by atoms with Gasteiger partial charge in [-0.3, -0.25) is 0 Å². The molecular formula is C20H24N2O4. The molecule has 0 unspecified atom stereocenters. The quantitative estimate of drug-likeness (QED) is 0.827. The lowest BCUT2D eigenvalue weighted by Gasteiger charge is -2.22. The van der Waals surface area contributed by atoms with Crippen molar-refractivity contribution in [2.45, 2.75) is 26.6 Å². The molecule has 138 valence electrons. The topological polar surface area (TPSA) is 60.0 Å². The molecule has 1 N–H and O–H groups in total. The monoisotopic (exact) mass is 356 g/mol. The zero-order chi connectivity index (χ0) is 18.4. The standard InChI is InChI=1S/C20H24N2O4/c1-3-22(12-16-7-8-18-19(10-16)26-14-25-18)20(23)21-11-15-5-4-6-17(9-15)13-24-2/h4-10H,3,11-14H2,1-2H3,(H,21,23). The van der Waals surface area contributed by atoms with Crippen LogP contribution < -0.4 is 14.8 Å². The number of hydrogen-bond acceptors (Lipinski definition) is 4. The van der Waals surface area contributed by atoms with E-state index in [0.717, 1.165) is 28.2 Å². The number of methoxy groups -OCH3 is 1. The van der Waals surface area contributed by atoms with Gasteiger partial charge in [-0.25, -0.2) is 4.79 Å². The second-order valence-electron chi connectivity index (χ2n) is 6.11. The first-order valence-corrected chi connectivity index (χ1v) is 8.67. The fourth-order valence-corrected chi connectivity index (χ4v) is 2.87. The summed E-state index contributed by atoms with van der Waals surface area (Å²) in [6.45, 7) is 4.39. The number of hydrogen-bond donors (Lipinski definition) is 1. The lowest BCUT2D eigenvalue weighted by atomic mass is 10.1. The zero-order valence-corrected chi connectivity index (χ0v) is 15.2. The van der Waals surface area contributed by atoms with Crippen LogP contribution in [-0.4, -0.2) is 31.4 Å². The Labute approximate surface area is 153 Å². The summed E-state index contributed by atoms with van der Waals surface area (Å²) < 4.78 is 15.9. The van der Waals surface area contributed by atoms with E-state index in [1.807, 2.05) is 49.4 Å². The Hall–Kier alpha value is -2.73. The summed E-state index contributed by atoms with van der Waals surface area (Å²) in [4.78, 5) is 14.3. The predicted molar refractivity (Wildman–Crippen MR) is 98.0 cm³/mol. The van der Waals surface area contributed by atoms with Crippen LogP contribution in [0.25, 0.3) is 0 Å². The summed E-state index contributed by atoms with van der Waals surface area (Å²) in [5, 5.41) is 2.98. The van der Waals surface area contributed by atoms with Crippen molar-refractivity contribution in [1.82, 2.24) is 10.2 Å². The van der Waals surface area contributed by atoms with Crippen molar-refractivity contribution >= 4 is 6.03 Å². The molecule has 3 rings (SSSR count). The van der Waals surface area contributed by atoms with E-state index in [2.05, 4.69) is 5.32 Å². The van der Waals surface area contributed by atoms with Gasteiger partial charge in [0, 0.05) is 26.7 Å². The van der Waals surface area contributed by atoms with Crippen molar-refractivity contribution in [2.24, 2.45) is 0 Å². The van der Waals surface area contributed by atoms with Crippen molar-refractivity contribution in [1.29, 1.82) is 0 Å². The number of benzene rings is 2. The molecule has 0 saturated heterocycles. The SMILES string of the molecule is CCN(Cc1ccc2c(c1)OCO2)C(=O)NCc1cccc(COC)c1. The second kappa shape index (κ2) is 8.58. The Morgan fingerprint density at radius 2 is 1.92 bits per heavy atom. The normalized spacial score (nSPS) is 12.1. The minimum atomic E-state index is -0.0951.